The third kappa shape index (κ3) is 4.62. The minimum absolute atomic E-state index is 0.264. The smallest absolute Gasteiger partial charge is 0.225 e. The van der Waals surface area contributed by atoms with Gasteiger partial charge in [-0.3, -0.25) is 4.98 Å². The zero-order chi connectivity index (χ0) is 18.5. The van der Waals surface area contributed by atoms with Gasteiger partial charge < -0.3 is 10.6 Å². The average Bonchev–Trinajstić information content (AvgIpc) is 2.65. The number of pyridine rings is 1. The van der Waals surface area contributed by atoms with E-state index in [4.69, 9.17) is 23.2 Å². The molecule has 0 saturated carbocycles. The first-order chi connectivity index (χ1) is 12.5. The summed E-state index contributed by atoms with van der Waals surface area (Å²) in [6, 6.07) is 11.3. The summed E-state index contributed by atoms with van der Waals surface area (Å²) in [7, 11) is 0. The zero-order valence-corrected chi connectivity index (χ0v) is 16.0. The summed E-state index contributed by atoms with van der Waals surface area (Å²) >= 11 is 12.1. The Bertz CT molecular complexity index is 886. The first kappa shape index (κ1) is 18.4. The first-order valence-corrected chi connectivity index (χ1v) is 9.09. The van der Waals surface area contributed by atoms with Gasteiger partial charge in [0.15, 0.2) is 0 Å². The largest absolute Gasteiger partial charge is 0.352 e. The number of benzene rings is 1. The van der Waals surface area contributed by atoms with Crippen molar-refractivity contribution in [3.05, 3.63) is 58.8 Å². The number of hydrogen-bond acceptors (Lipinski definition) is 5. The van der Waals surface area contributed by atoms with Gasteiger partial charge in [-0.1, -0.05) is 30.1 Å². The van der Waals surface area contributed by atoms with E-state index >= 15 is 0 Å². The van der Waals surface area contributed by atoms with Crippen LogP contribution in [0.15, 0.2) is 48.8 Å². The maximum atomic E-state index is 6.10. The van der Waals surface area contributed by atoms with Crippen molar-refractivity contribution in [2.45, 2.75) is 26.3 Å². The van der Waals surface area contributed by atoms with Gasteiger partial charge in [0, 0.05) is 35.8 Å². The molecule has 0 aliphatic rings. The highest BCUT2D eigenvalue weighted by molar-refractivity contribution is 6.42. The molecular weight excluding hydrogens is 369 g/mol. The standard InChI is InChI=1S/C19H19Cl2N5/c1-3-12(2)23-19-25-17(13-6-8-22-9-7-13)11-18(26-19)24-14-4-5-15(20)16(21)10-14/h4-12H,3H2,1-2H3,(H2,23,24,25,26)/t12-/m0/s1. The van der Waals surface area contributed by atoms with E-state index in [1.807, 2.05) is 24.3 Å². The number of nitrogens with one attached hydrogen (secondary N) is 2. The monoisotopic (exact) mass is 387 g/mol. The summed E-state index contributed by atoms with van der Waals surface area (Å²) in [5.41, 5.74) is 2.57. The van der Waals surface area contributed by atoms with Crippen molar-refractivity contribution in [2.24, 2.45) is 0 Å². The SMILES string of the molecule is CC[C@H](C)Nc1nc(Nc2ccc(Cl)c(Cl)c2)cc(-c2ccncc2)n1. The number of rotatable bonds is 6. The molecule has 0 bridgehead atoms. The summed E-state index contributed by atoms with van der Waals surface area (Å²) in [6.07, 6.45) is 4.45. The lowest BCUT2D eigenvalue weighted by molar-refractivity contribution is 0.753. The molecule has 0 amide bonds. The van der Waals surface area contributed by atoms with E-state index in [2.05, 4.69) is 39.4 Å². The van der Waals surface area contributed by atoms with Crippen molar-refractivity contribution in [1.29, 1.82) is 0 Å². The Labute approximate surface area is 162 Å². The van der Waals surface area contributed by atoms with Gasteiger partial charge in [-0.05, 0) is 43.7 Å². The highest BCUT2D eigenvalue weighted by atomic mass is 35.5. The van der Waals surface area contributed by atoms with Crippen LogP contribution in [-0.2, 0) is 0 Å². The van der Waals surface area contributed by atoms with Crippen molar-refractivity contribution in [2.75, 3.05) is 10.6 Å². The molecule has 0 radical (unpaired) electrons. The summed E-state index contributed by atoms with van der Waals surface area (Å²) in [5, 5.41) is 7.58. The quantitative estimate of drug-likeness (QED) is 0.559. The summed E-state index contributed by atoms with van der Waals surface area (Å²) in [4.78, 5) is 13.3. The molecule has 1 aromatic carbocycles. The van der Waals surface area contributed by atoms with E-state index in [9.17, 15) is 0 Å². The van der Waals surface area contributed by atoms with Crippen molar-refractivity contribution < 1.29 is 0 Å². The van der Waals surface area contributed by atoms with Crippen LogP contribution in [0, 0.1) is 0 Å². The lowest BCUT2D eigenvalue weighted by Gasteiger charge is -2.15. The molecule has 0 aliphatic carbocycles. The van der Waals surface area contributed by atoms with Gasteiger partial charge in [0.2, 0.25) is 5.95 Å². The van der Waals surface area contributed by atoms with Crippen LogP contribution in [0.25, 0.3) is 11.3 Å². The van der Waals surface area contributed by atoms with Gasteiger partial charge in [-0.25, -0.2) is 4.98 Å². The van der Waals surface area contributed by atoms with E-state index in [-0.39, 0.29) is 6.04 Å². The summed E-state index contributed by atoms with van der Waals surface area (Å²) in [6.45, 7) is 4.20. The van der Waals surface area contributed by atoms with Gasteiger partial charge in [0.25, 0.3) is 0 Å². The zero-order valence-electron chi connectivity index (χ0n) is 14.5. The maximum Gasteiger partial charge on any atom is 0.225 e. The molecule has 0 unspecified atom stereocenters. The fraction of sp³-hybridized carbons (Fsp3) is 0.211. The minimum atomic E-state index is 0.264. The molecule has 3 rings (SSSR count). The highest BCUT2D eigenvalue weighted by Gasteiger charge is 2.10. The molecule has 2 N–H and O–H groups in total. The average molecular weight is 388 g/mol. The lowest BCUT2D eigenvalue weighted by atomic mass is 10.2. The topological polar surface area (TPSA) is 62.7 Å². The molecular formula is C19H19Cl2N5. The predicted molar refractivity (Wildman–Crippen MR) is 108 cm³/mol. The number of hydrogen-bond donors (Lipinski definition) is 2. The van der Waals surface area contributed by atoms with Crippen molar-refractivity contribution in [3.8, 4) is 11.3 Å². The molecule has 3 aromatic rings. The van der Waals surface area contributed by atoms with Crippen LogP contribution in [0.1, 0.15) is 20.3 Å². The predicted octanol–water partition coefficient (Wildman–Crippen LogP) is 5.80. The second-order valence-corrected chi connectivity index (χ2v) is 6.72. The second-order valence-electron chi connectivity index (χ2n) is 5.91. The van der Waals surface area contributed by atoms with Crippen molar-refractivity contribution in [3.63, 3.8) is 0 Å². The molecule has 0 saturated heterocycles. The Morgan fingerprint density at radius 2 is 1.77 bits per heavy atom. The summed E-state index contributed by atoms with van der Waals surface area (Å²) < 4.78 is 0. The number of nitrogens with zero attached hydrogens (tertiary/aromatic N) is 3. The van der Waals surface area contributed by atoms with E-state index in [0.29, 0.717) is 21.8 Å². The fourth-order valence-corrected chi connectivity index (χ4v) is 2.59. The van der Waals surface area contributed by atoms with Crippen molar-refractivity contribution >= 4 is 40.7 Å². The fourth-order valence-electron chi connectivity index (χ4n) is 2.29. The molecule has 0 fully saturated rings. The minimum Gasteiger partial charge on any atom is -0.352 e. The van der Waals surface area contributed by atoms with E-state index in [1.165, 1.54) is 0 Å². The molecule has 5 nitrogen and oxygen atoms in total. The van der Waals surface area contributed by atoms with E-state index in [1.54, 1.807) is 24.5 Å². The van der Waals surface area contributed by atoms with Crippen LogP contribution in [0.4, 0.5) is 17.5 Å². The normalized spacial score (nSPS) is 11.8. The van der Waals surface area contributed by atoms with Crippen LogP contribution in [0.2, 0.25) is 10.0 Å². The molecule has 0 spiro atoms. The molecule has 26 heavy (non-hydrogen) atoms. The summed E-state index contributed by atoms with van der Waals surface area (Å²) in [5.74, 6) is 1.23. The van der Waals surface area contributed by atoms with Gasteiger partial charge >= 0.3 is 0 Å². The molecule has 2 heterocycles. The van der Waals surface area contributed by atoms with Crippen LogP contribution in [-0.4, -0.2) is 21.0 Å². The maximum absolute atomic E-state index is 6.10. The van der Waals surface area contributed by atoms with Gasteiger partial charge in [0.1, 0.15) is 5.82 Å². The Morgan fingerprint density at radius 3 is 2.46 bits per heavy atom. The molecule has 0 aliphatic heterocycles. The molecule has 2 aromatic heterocycles. The Balaban J connectivity index is 1.97. The van der Waals surface area contributed by atoms with Gasteiger partial charge in [-0.15, -0.1) is 0 Å². The van der Waals surface area contributed by atoms with Crippen LogP contribution >= 0.6 is 23.2 Å². The molecule has 134 valence electrons. The van der Waals surface area contributed by atoms with E-state index in [0.717, 1.165) is 23.4 Å². The highest BCUT2D eigenvalue weighted by Crippen LogP contribution is 2.28. The Morgan fingerprint density at radius 1 is 1.00 bits per heavy atom. The van der Waals surface area contributed by atoms with Crippen LogP contribution in [0.3, 0.4) is 0 Å². The van der Waals surface area contributed by atoms with Gasteiger partial charge in [-0.2, -0.15) is 4.98 Å². The number of aromatic nitrogens is 3. The third-order valence-electron chi connectivity index (χ3n) is 3.88. The van der Waals surface area contributed by atoms with Crippen LogP contribution < -0.4 is 10.6 Å². The van der Waals surface area contributed by atoms with Gasteiger partial charge in [0.05, 0.1) is 15.7 Å². The third-order valence-corrected chi connectivity index (χ3v) is 4.62. The lowest BCUT2D eigenvalue weighted by Crippen LogP contribution is -2.16. The number of anilines is 3. The van der Waals surface area contributed by atoms with E-state index < -0.39 is 0 Å². The first-order valence-electron chi connectivity index (χ1n) is 8.33. The molecule has 7 heteroatoms. The number of halogens is 2. The molecule has 1 atom stereocenters. The Kier molecular flexibility index (Phi) is 5.91. The van der Waals surface area contributed by atoms with Crippen LogP contribution in [0.5, 0.6) is 0 Å². The second kappa shape index (κ2) is 8.34. The van der Waals surface area contributed by atoms with Crippen molar-refractivity contribution in [1.82, 2.24) is 15.0 Å². The Hall–Kier alpha value is -2.37.